The van der Waals surface area contributed by atoms with Gasteiger partial charge in [0.05, 0.1) is 30.2 Å². The predicted molar refractivity (Wildman–Crippen MR) is 98.6 cm³/mol. The molecule has 1 aliphatic rings. The average Bonchev–Trinajstić information content (AvgIpc) is 2.63. The Hall–Kier alpha value is -3.02. The molecule has 27 heavy (non-hydrogen) atoms. The molecule has 0 aliphatic carbocycles. The van der Waals surface area contributed by atoms with Crippen molar-refractivity contribution in [2.24, 2.45) is 0 Å². The summed E-state index contributed by atoms with van der Waals surface area (Å²) in [6, 6.07) is 14.0. The summed E-state index contributed by atoms with van der Waals surface area (Å²) in [6.45, 7) is 2.28. The number of sulfonamides is 1. The minimum atomic E-state index is -3.67. The molecule has 0 bridgehead atoms. The summed E-state index contributed by atoms with van der Waals surface area (Å²) in [5, 5.41) is 9.71. The molecule has 1 fully saturated rings. The molecule has 0 unspecified atom stereocenters. The standard InChI is InChI=1S/C19H16N4O3S/c1-13-5-6-15-3-2-4-17(19(15)22-13)27(24,25)23-11-16(12-23)26-18-9-14(10-20)7-8-21-18/h2-9,16H,11-12H2,1H3. The normalized spacial score (nSPS) is 15.3. The highest BCUT2D eigenvalue weighted by molar-refractivity contribution is 7.89. The molecular formula is C19H16N4O3S. The van der Waals surface area contributed by atoms with E-state index in [2.05, 4.69) is 9.97 Å². The first-order valence-electron chi connectivity index (χ1n) is 8.37. The van der Waals surface area contributed by atoms with E-state index in [1.807, 2.05) is 31.2 Å². The van der Waals surface area contributed by atoms with Crippen LogP contribution >= 0.6 is 0 Å². The number of nitrogens with zero attached hydrogens (tertiary/aromatic N) is 4. The number of ether oxygens (including phenoxy) is 1. The number of para-hydroxylation sites is 1. The highest BCUT2D eigenvalue weighted by atomic mass is 32.2. The van der Waals surface area contributed by atoms with Gasteiger partial charge in [0.15, 0.2) is 0 Å². The highest BCUT2D eigenvalue weighted by Gasteiger charge is 2.39. The molecule has 136 valence electrons. The number of hydrogen-bond acceptors (Lipinski definition) is 6. The number of pyridine rings is 2. The van der Waals surface area contributed by atoms with E-state index in [-0.39, 0.29) is 24.1 Å². The Morgan fingerprint density at radius 1 is 1.22 bits per heavy atom. The predicted octanol–water partition coefficient (Wildman–Crippen LogP) is 2.26. The van der Waals surface area contributed by atoms with Gasteiger partial charge >= 0.3 is 0 Å². The summed E-state index contributed by atoms with van der Waals surface area (Å²) < 4.78 is 33.1. The molecular weight excluding hydrogens is 364 g/mol. The topological polar surface area (TPSA) is 96.2 Å². The van der Waals surface area contributed by atoms with Gasteiger partial charge < -0.3 is 4.74 Å². The first kappa shape index (κ1) is 17.4. The van der Waals surface area contributed by atoms with Crippen LogP contribution in [0.1, 0.15) is 11.3 Å². The van der Waals surface area contributed by atoms with Gasteiger partial charge in [-0.25, -0.2) is 13.4 Å². The fourth-order valence-electron chi connectivity index (χ4n) is 2.95. The number of aromatic nitrogens is 2. The van der Waals surface area contributed by atoms with E-state index in [4.69, 9.17) is 10.00 Å². The van der Waals surface area contributed by atoms with Crippen LogP contribution in [0.5, 0.6) is 5.88 Å². The van der Waals surface area contributed by atoms with Crippen LogP contribution in [0.4, 0.5) is 0 Å². The summed E-state index contributed by atoms with van der Waals surface area (Å²) in [5.74, 6) is 0.318. The summed E-state index contributed by atoms with van der Waals surface area (Å²) in [4.78, 5) is 8.67. The Kier molecular flexibility index (Phi) is 4.26. The molecule has 1 aliphatic heterocycles. The second-order valence-electron chi connectivity index (χ2n) is 6.34. The van der Waals surface area contributed by atoms with Crippen LogP contribution < -0.4 is 4.74 Å². The van der Waals surface area contributed by atoms with Gasteiger partial charge in [-0.05, 0) is 25.1 Å². The summed E-state index contributed by atoms with van der Waals surface area (Å²) in [7, 11) is -3.67. The molecule has 3 heterocycles. The monoisotopic (exact) mass is 380 g/mol. The smallest absolute Gasteiger partial charge is 0.245 e. The van der Waals surface area contributed by atoms with Crippen molar-refractivity contribution in [1.82, 2.24) is 14.3 Å². The van der Waals surface area contributed by atoms with Crippen molar-refractivity contribution in [3.05, 3.63) is 59.9 Å². The minimum absolute atomic E-state index is 0.201. The zero-order chi connectivity index (χ0) is 19.0. The molecule has 0 radical (unpaired) electrons. The molecule has 4 rings (SSSR count). The molecule has 0 saturated carbocycles. The van der Waals surface area contributed by atoms with Crippen molar-refractivity contribution in [1.29, 1.82) is 5.26 Å². The Labute approximate surface area is 156 Å². The lowest BCUT2D eigenvalue weighted by molar-refractivity contribution is 0.0721. The summed E-state index contributed by atoms with van der Waals surface area (Å²) in [5.41, 5.74) is 1.68. The Morgan fingerprint density at radius 2 is 2.04 bits per heavy atom. The number of benzene rings is 1. The van der Waals surface area contributed by atoms with E-state index in [1.54, 1.807) is 18.2 Å². The third kappa shape index (κ3) is 3.23. The van der Waals surface area contributed by atoms with Crippen molar-refractivity contribution in [2.45, 2.75) is 17.9 Å². The molecule has 3 aromatic rings. The Morgan fingerprint density at radius 3 is 2.81 bits per heavy atom. The summed E-state index contributed by atoms with van der Waals surface area (Å²) in [6.07, 6.45) is 1.19. The van der Waals surface area contributed by atoms with Gasteiger partial charge in [0.25, 0.3) is 0 Å². The summed E-state index contributed by atoms with van der Waals surface area (Å²) >= 11 is 0. The lowest BCUT2D eigenvalue weighted by Gasteiger charge is -2.37. The van der Waals surface area contributed by atoms with E-state index in [9.17, 15) is 8.42 Å². The first-order chi connectivity index (χ1) is 13.0. The molecule has 2 aromatic heterocycles. The van der Waals surface area contributed by atoms with Gasteiger partial charge in [-0.15, -0.1) is 0 Å². The quantitative estimate of drug-likeness (QED) is 0.689. The van der Waals surface area contributed by atoms with E-state index in [0.29, 0.717) is 17.0 Å². The van der Waals surface area contributed by atoms with E-state index in [0.717, 1.165) is 11.1 Å². The van der Waals surface area contributed by atoms with Gasteiger partial charge in [-0.2, -0.15) is 9.57 Å². The van der Waals surface area contributed by atoms with Crippen LogP contribution in [0.3, 0.4) is 0 Å². The molecule has 0 atom stereocenters. The van der Waals surface area contributed by atoms with Crippen molar-refractivity contribution in [2.75, 3.05) is 13.1 Å². The van der Waals surface area contributed by atoms with E-state index < -0.39 is 10.0 Å². The van der Waals surface area contributed by atoms with Gasteiger partial charge in [0.2, 0.25) is 15.9 Å². The van der Waals surface area contributed by atoms with Crippen molar-refractivity contribution < 1.29 is 13.2 Å². The minimum Gasteiger partial charge on any atom is -0.471 e. The van der Waals surface area contributed by atoms with Crippen LogP contribution in [-0.2, 0) is 10.0 Å². The molecule has 0 spiro atoms. The number of aryl methyl sites for hydroxylation is 1. The van der Waals surface area contributed by atoms with Crippen molar-refractivity contribution in [3.8, 4) is 11.9 Å². The first-order valence-corrected chi connectivity index (χ1v) is 9.81. The lowest BCUT2D eigenvalue weighted by Crippen LogP contribution is -2.56. The van der Waals surface area contributed by atoms with Crippen molar-refractivity contribution >= 4 is 20.9 Å². The Balaban J connectivity index is 1.54. The molecule has 0 amide bonds. The lowest BCUT2D eigenvalue weighted by atomic mass is 10.2. The maximum atomic E-state index is 13.0. The number of hydrogen-bond donors (Lipinski definition) is 0. The largest absolute Gasteiger partial charge is 0.471 e. The van der Waals surface area contributed by atoms with Crippen molar-refractivity contribution in [3.63, 3.8) is 0 Å². The zero-order valence-corrected chi connectivity index (χ0v) is 15.3. The van der Waals surface area contributed by atoms with Crippen LogP contribution in [0.15, 0.2) is 53.6 Å². The second-order valence-corrected chi connectivity index (χ2v) is 8.24. The third-order valence-electron chi connectivity index (χ3n) is 4.41. The number of nitriles is 1. The van der Waals surface area contributed by atoms with E-state index in [1.165, 1.54) is 16.6 Å². The molecule has 8 heteroatoms. The van der Waals surface area contributed by atoms with Crippen LogP contribution in [-0.4, -0.2) is 41.9 Å². The van der Waals surface area contributed by atoms with Gasteiger partial charge in [-0.3, -0.25) is 4.98 Å². The zero-order valence-electron chi connectivity index (χ0n) is 14.5. The Bertz CT molecular complexity index is 1170. The molecule has 7 nitrogen and oxygen atoms in total. The second kappa shape index (κ2) is 6.61. The highest BCUT2D eigenvalue weighted by Crippen LogP contribution is 2.28. The maximum absolute atomic E-state index is 13.0. The SMILES string of the molecule is Cc1ccc2cccc(S(=O)(=O)N3CC(Oc4cc(C#N)ccn4)C3)c2n1. The molecule has 1 saturated heterocycles. The molecule has 1 aromatic carbocycles. The van der Waals surface area contributed by atoms with Crippen LogP contribution in [0.2, 0.25) is 0 Å². The average molecular weight is 380 g/mol. The number of rotatable bonds is 4. The fraction of sp³-hybridized carbons (Fsp3) is 0.211. The number of fused-ring (bicyclic) bond motifs is 1. The molecule has 0 N–H and O–H groups in total. The maximum Gasteiger partial charge on any atom is 0.245 e. The fourth-order valence-corrected chi connectivity index (χ4v) is 4.61. The van der Waals surface area contributed by atoms with E-state index >= 15 is 0 Å². The third-order valence-corrected chi connectivity index (χ3v) is 6.27. The van der Waals surface area contributed by atoms with Gasteiger partial charge in [0.1, 0.15) is 11.0 Å². The van der Waals surface area contributed by atoms with Gasteiger partial charge in [-0.1, -0.05) is 18.2 Å². The van der Waals surface area contributed by atoms with Crippen LogP contribution in [0.25, 0.3) is 10.9 Å². The van der Waals surface area contributed by atoms with Gasteiger partial charge in [0, 0.05) is 23.3 Å². The van der Waals surface area contributed by atoms with Crippen LogP contribution in [0, 0.1) is 18.3 Å².